The summed E-state index contributed by atoms with van der Waals surface area (Å²) in [6.45, 7) is 4.06. The van der Waals surface area contributed by atoms with Crippen LogP contribution in [-0.4, -0.2) is 15.6 Å². The molecule has 1 atom stereocenters. The van der Waals surface area contributed by atoms with E-state index in [0.29, 0.717) is 5.75 Å². The molecule has 1 aliphatic carbocycles. The second-order valence-corrected chi connectivity index (χ2v) is 7.03. The van der Waals surface area contributed by atoms with E-state index < -0.39 is 11.1 Å². The second kappa shape index (κ2) is 6.85. The molecule has 0 aromatic heterocycles. The fraction of sp³-hybridized carbons (Fsp3) is 0.867. The van der Waals surface area contributed by atoms with Crippen molar-refractivity contribution >= 4 is 11.1 Å². The number of hydrogen-bond donors (Lipinski definition) is 0. The molecule has 18 heavy (non-hydrogen) atoms. The molecule has 1 saturated carbocycles. The zero-order chi connectivity index (χ0) is 12.8. The first kappa shape index (κ1) is 14.3. The van der Waals surface area contributed by atoms with Gasteiger partial charge in [0, 0.05) is 0 Å². The predicted molar refractivity (Wildman–Crippen MR) is 76.8 cm³/mol. The summed E-state index contributed by atoms with van der Waals surface area (Å²) in [6, 6.07) is 0. The smallest absolute Gasteiger partial charge is 0.160 e. The average Bonchev–Trinajstić information content (AvgIpc) is 2.34. The van der Waals surface area contributed by atoms with Crippen molar-refractivity contribution in [2.75, 3.05) is 5.75 Å². The third kappa shape index (κ3) is 4.20. The number of hydrogen-bond acceptors (Lipinski definition) is 2. The molecule has 2 fully saturated rings. The summed E-state index contributed by atoms with van der Waals surface area (Å²) in [5.41, 5.74) is 0.972. The molecule has 104 valence electrons. The van der Waals surface area contributed by atoms with Gasteiger partial charge in [0.05, 0.1) is 11.4 Å². The van der Waals surface area contributed by atoms with Crippen LogP contribution >= 0.6 is 0 Å². The van der Waals surface area contributed by atoms with Crippen LogP contribution in [0.15, 0.2) is 12.2 Å². The van der Waals surface area contributed by atoms with Gasteiger partial charge >= 0.3 is 0 Å². The molecule has 0 aromatic carbocycles. The van der Waals surface area contributed by atoms with Crippen molar-refractivity contribution in [3.8, 4) is 0 Å². The molecule has 0 radical (unpaired) electrons. The summed E-state index contributed by atoms with van der Waals surface area (Å²) in [5.74, 6) is 0.543. The molecular weight excluding hydrogens is 244 g/mol. The molecule has 1 saturated heterocycles. The van der Waals surface area contributed by atoms with Gasteiger partial charge in [-0.3, -0.25) is 4.18 Å². The highest BCUT2D eigenvalue weighted by molar-refractivity contribution is 7.80. The van der Waals surface area contributed by atoms with Crippen LogP contribution in [0.25, 0.3) is 0 Å². The Labute approximate surface area is 114 Å². The molecule has 1 heterocycles. The maximum atomic E-state index is 11.8. The van der Waals surface area contributed by atoms with Crippen LogP contribution in [0.2, 0.25) is 0 Å². The summed E-state index contributed by atoms with van der Waals surface area (Å²) < 4.78 is 17.7. The Morgan fingerprint density at radius 2 is 1.44 bits per heavy atom. The largest absolute Gasteiger partial charge is 0.283 e. The fourth-order valence-corrected chi connectivity index (χ4v) is 4.38. The maximum Gasteiger partial charge on any atom is 0.160 e. The minimum atomic E-state index is -1.13. The van der Waals surface area contributed by atoms with Gasteiger partial charge in [0.1, 0.15) is 0 Å². The van der Waals surface area contributed by atoms with Crippen LogP contribution in [0.4, 0.5) is 0 Å². The van der Waals surface area contributed by atoms with E-state index in [1.165, 1.54) is 51.4 Å². The molecule has 0 bridgehead atoms. The van der Waals surface area contributed by atoms with E-state index in [9.17, 15) is 4.21 Å². The van der Waals surface area contributed by atoms with Crippen LogP contribution in [0.3, 0.4) is 0 Å². The van der Waals surface area contributed by atoms with Gasteiger partial charge in [-0.1, -0.05) is 63.5 Å². The normalized spacial score (nSPS) is 30.9. The summed E-state index contributed by atoms with van der Waals surface area (Å²) in [7, 11) is 0. The van der Waals surface area contributed by atoms with Gasteiger partial charge < -0.3 is 0 Å². The number of rotatable bonds is 0. The van der Waals surface area contributed by atoms with Crippen LogP contribution in [-0.2, 0) is 15.3 Å². The fourth-order valence-electron chi connectivity index (χ4n) is 3.27. The molecule has 2 aliphatic rings. The van der Waals surface area contributed by atoms with Crippen LogP contribution < -0.4 is 0 Å². The van der Waals surface area contributed by atoms with E-state index in [4.69, 9.17) is 4.18 Å². The molecular formula is C15H26O2S. The Bertz CT molecular complexity index is 282. The molecule has 1 spiro atoms. The third-order valence-electron chi connectivity index (χ3n) is 4.18. The molecule has 2 nitrogen and oxygen atoms in total. The van der Waals surface area contributed by atoms with E-state index in [0.717, 1.165) is 24.8 Å². The van der Waals surface area contributed by atoms with Gasteiger partial charge in [0.25, 0.3) is 0 Å². The lowest BCUT2D eigenvalue weighted by molar-refractivity contribution is 0.0545. The standard InChI is InChI=1S/C15H26O2S/c1-14-12-15(17-18(16)13-14)10-8-6-4-2-3-5-7-9-11-15/h1-13H2. The molecule has 2 rings (SSSR count). The van der Waals surface area contributed by atoms with Crippen molar-refractivity contribution in [1.29, 1.82) is 0 Å². The first-order valence-electron chi connectivity index (χ1n) is 7.45. The van der Waals surface area contributed by atoms with Gasteiger partial charge in [0.15, 0.2) is 11.1 Å². The molecule has 0 aromatic rings. The first-order valence-corrected chi connectivity index (χ1v) is 8.69. The van der Waals surface area contributed by atoms with Crippen LogP contribution in [0.5, 0.6) is 0 Å². The van der Waals surface area contributed by atoms with Crippen LogP contribution in [0, 0.1) is 0 Å². The Balaban J connectivity index is 2.00. The minimum Gasteiger partial charge on any atom is -0.283 e. The van der Waals surface area contributed by atoms with Crippen LogP contribution in [0.1, 0.15) is 70.6 Å². The quantitative estimate of drug-likeness (QED) is 0.614. The van der Waals surface area contributed by atoms with Crippen molar-refractivity contribution in [2.24, 2.45) is 0 Å². The molecule has 1 aliphatic heterocycles. The lowest BCUT2D eigenvalue weighted by Crippen LogP contribution is -2.39. The monoisotopic (exact) mass is 270 g/mol. The van der Waals surface area contributed by atoms with Gasteiger partial charge in [-0.15, -0.1) is 0 Å². The Hall–Kier alpha value is -0.150. The van der Waals surface area contributed by atoms with Crippen molar-refractivity contribution in [3.05, 3.63) is 12.2 Å². The molecule has 0 amide bonds. The lowest BCUT2D eigenvalue weighted by atomic mass is 9.85. The Morgan fingerprint density at radius 3 is 1.94 bits per heavy atom. The van der Waals surface area contributed by atoms with Crippen molar-refractivity contribution in [2.45, 2.75) is 76.2 Å². The van der Waals surface area contributed by atoms with Crippen molar-refractivity contribution in [3.63, 3.8) is 0 Å². The van der Waals surface area contributed by atoms with E-state index in [2.05, 4.69) is 6.58 Å². The zero-order valence-corrected chi connectivity index (χ0v) is 12.2. The molecule has 0 N–H and O–H groups in total. The second-order valence-electron chi connectivity index (χ2n) is 5.97. The van der Waals surface area contributed by atoms with E-state index >= 15 is 0 Å². The average molecular weight is 270 g/mol. The van der Waals surface area contributed by atoms with Gasteiger partial charge in [-0.25, -0.2) is 4.21 Å². The Kier molecular flexibility index (Phi) is 5.43. The van der Waals surface area contributed by atoms with E-state index in [-0.39, 0.29) is 5.60 Å². The van der Waals surface area contributed by atoms with Crippen molar-refractivity contribution < 1.29 is 8.39 Å². The van der Waals surface area contributed by atoms with E-state index in [1.54, 1.807) is 0 Å². The highest BCUT2D eigenvalue weighted by atomic mass is 32.2. The highest BCUT2D eigenvalue weighted by Crippen LogP contribution is 2.37. The van der Waals surface area contributed by atoms with Crippen molar-refractivity contribution in [1.82, 2.24) is 0 Å². The molecule has 1 unspecified atom stereocenters. The first-order chi connectivity index (χ1) is 8.70. The lowest BCUT2D eigenvalue weighted by Gasteiger charge is -2.37. The summed E-state index contributed by atoms with van der Waals surface area (Å²) in [4.78, 5) is 0. The summed E-state index contributed by atoms with van der Waals surface area (Å²) in [5, 5.41) is 0. The summed E-state index contributed by atoms with van der Waals surface area (Å²) >= 11 is -1.13. The predicted octanol–water partition coefficient (Wildman–Crippen LogP) is 4.28. The van der Waals surface area contributed by atoms with Gasteiger partial charge in [-0.2, -0.15) is 0 Å². The molecule has 3 heteroatoms. The SMILES string of the molecule is C=C1CS(=O)OC2(CCCCCCCCCC2)C1. The zero-order valence-electron chi connectivity index (χ0n) is 11.4. The Morgan fingerprint density at radius 1 is 0.944 bits per heavy atom. The summed E-state index contributed by atoms with van der Waals surface area (Å²) in [6.07, 6.45) is 13.5. The topological polar surface area (TPSA) is 26.3 Å². The highest BCUT2D eigenvalue weighted by Gasteiger charge is 2.37. The van der Waals surface area contributed by atoms with Gasteiger partial charge in [-0.05, 0) is 19.3 Å². The maximum absolute atomic E-state index is 11.8. The van der Waals surface area contributed by atoms with E-state index in [1.807, 2.05) is 0 Å². The third-order valence-corrected chi connectivity index (χ3v) is 5.36. The van der Waals surface area contributed by atoms with Gasteiger partial charge in [0.2, 0.25) is 0 Å². The minimum absolute atomic E-state index is 0.148.